The van der Waals surface area contributed by atoms with E-state index in [1.54, 1.807) is 13.2 Å². The van der Waals surface area contributed by atoms with Crippen molar-refractivity contribution < 1.29 is 19.7 Å². The van der Waals surface area contributed by atoms with Crippen LogP contribution in [0.15, 0.2) is 48.7 Å². The van der Waals surface area contributed by atoms with Crippen LogP contribution in [0.2, 0.25) is 0 Å². The van der Waals surface area contributed by atoms with Crippen LogP contribution in [0.5, 0.6) is 11.5 Å². The third-order valence-corrected chi connectivity index (χ3v) is 6.88. The molecule has 0 fully saturated rings. The lowest BCUT2D eigenvalue weighted by molar-refractivity contribution is -0.138. The molecule has 0 saturated heterocycles. The molecule has 40 heavy (non-hydrogen) atoms. The molecule has 0 aliphatic carbocycles. The highest BCUT2D eigenvalue weighted by Crippen LogP contribution is 2.26. The number of nitrogens with two attached hydrogens (primary N) is 1. The summed E-state index contributed by atoms with van der Waals surface area (Å²) in [5.74, 6) is -0.171. The van der Waals surface area contributed by atoms with Crippen LogP contribution in [0.1, 0.15) is 36.8 Å². The summed E-state index contributed by atoms with van der Waals surface area (Å²) in [6, 6.07) is 12.6. The number of methoxy groups -OCH3 is 1. The number of aromatic nitrogens is 1. The van der Waals surface area contributed by atoms with Crippen molar-refractivity contribution in [3.63, 3.8) is 0 Å². The number of hydrogen-bond acceptors (Lipinski definition) is 8. The van der Waals surface area contributed by atoms with Crippen LogP contribution in [0, 0.1) is 0 Å². The fourth-order valence-corrected chi connectivity index (χ4v) is 4.43. The average Bonchev–Trinajstić information content (AvgIpc) is 3.38. The number of ether oxygens (including phenoxy) is 1. The zero-order valence-corrected chi connectivity index (χ0v) is 24.9. The second-order valence-electron chi connectivity index (χ2n) is 9.45. The molecule has 2 aromatic carbocycles. The number of unbranched alkanes of at least 4 members (excludes halogenated alkanes) is 1. The molecule has 3 rings (SSSR count). The van der Waals surface area contributed by atoms with Gasteiger partial charge in [0.05, 0.1) is 7.11 Å². The van der Waals surface area contributed by atoms with E-state index in [1.807, 2.05) is 42.6 Å². The van der Waals surface area contributed by atoms with Crippen molar-refractivity contribution in [1.29, 1.82) is 0 Å². The van der Waals surface area contributed by atoms with E-state index in [1.165, 1.54) is 12.8 Å². The topological polar surface area (TPSA) is 157 Å². The van der Waals surface area contributed by atoms with Gasteiger partial charge in [-0.2, -0.15) is 0 Å². The number of aliphatic carboxylic acids is 1. The van der Waals surface area contributed by atoms with Gasteiger partial charge in [-0.1, -0.05) is 24.3 Å². The van der Waals surface area contributed by atoms with E-state index in [0.29, 0.717) is 12.2 Å². The number of aromatic hydroxyl groups is 1. The summed E-state index contributed by atoms with van der Waals surface area (Å²) in [6.45, 7) is 6.74. The van der Waals surface area contributed by atoms with Gasteiger partial charge < -0.3 is 41.6 Å². The highest BCUT2D eigenvalue weighted by atomic mass is 79.9. The van der Waals surface area contributed by atoms with E-state index < -0.39 is 12.0 Å². The minimum absolute atomic E-state index is 0.181. The predicted octanol–water partition coefficient (Wildman–Crippen LogP) is 3.25. The number of para-hydroxylation sites is 1. The number of benzene rings is 2. The molecule has 1 aromatic heterocycles. The highest BCUT2D eigenvalue weighted by Gasteiger charge is 2.17. The molecule has 9 N–H and O–H groups in total. The Kier molecular flexibility index (Phi) is 17.0. The Morgan fingerprint density at radius 2 is 1.68 bits per heavy atom. The van der Waals surface area contributed by atoms with E-state index in [2.05, 4.69) is 41.4 Å². The van der Waals surface area contributed by atoms with Gasteiger partial charge in [-0.25, -0.2) is 4.34 Å². The molecular weight excluding hydrogens is 576 g/mol. The van der Waals surface area contributed by atoms with Gasteiger partial charge in [0.1, 0.15) is 6.04 Å². The van der Waals surface area contributed by atoms with Crippen molar-refractivity contribution in [2.24, 2.45) is 5.73 Å². The summed E-state index contributed by atoms with van der Waals surface area (Å²) in [5, 5.41) is 29.8. The Labute approximate surface area is 245 Å². The quantitative estimate of drug-likeness (QED) is 0.0744. The maximum Gasteiger partial charge on any atom is 0.321 e. The SMILES string of the molecule is COc1cc(CNCCCNCCCCNCCCN)ccc1O.O=C(O)[C@H](Cc1c[nH]c2ccccc12)NBr. The van der Waals surface area contributed by atoms with Gasteiger partial charge in [0.15, 0.2) is 11.5 Å². The van der Waals surface area contributed by atoms with E-state index >= 15 is 0 Å². The largest absolute Gasteiger partial charge is 0.504 e. The van der Waals surface area contributed by atoms with Gasteiger partial charge in [0.25, 0.3) is 0 Å². The molecule has 0 saturated carbocycles. The number of nitrogens with one attached hydrogen (secondary N) is 5. The van der Waals surface area contributed by atoms with Gasteiger partial charge >= 0.3 is 5.97 Å². The second-order valence-corrected chi connectivity index (χ2v) is 9.91. The molecule has 1 atom stereocenters. The first-order valence-electron chi connectivity index (χ1n) is 13.8. The molecule has 0 aliphatic rings. The van der Waals surface area contributed by atoms with E-state index in [9.17, 15) is 9.90 Å². The van der Waals surface area contributed by atoms with Crippen molar-refractivity contribution in [3.05, 3.63) is 59.8 Å². The minimum Gasteiger partial charge on any atom is -0.504 e. The number of H-pyrrole nitrogens is 1. The number of phenols is 1. The van der Waals surface area contributed by atoms with Crippen molar-refractivity contribution in [2.45, 2.75) is 44.7 Å². The molecular formula is C29H45BrN6O4. The standard InChI is InChI=1S/C18H34N4O2.C11H11BrN2O2/c1-24-18-14-16(6-7-17(18)23)15-22-13-5-12-21-10-3-2-9-20-11-4-8-19;12-14-10(11(15)16)5-7-6-13-9-4-2-1-3-8(7)9/h6-7,14,20-23H,2-5,8-13,15,19H2,1H3;1-4,6,10,13-14H,5H2,(H,15,16)/t;10-/m.0/s1. The Morgan fingerprint density at radius 1 is 1.00 bits per heavy atom. The van der Waals surface area contributed by atoms with Gasteiger partial charge in [-0.15, -0.1) is 0 Å². The average molecular weight is 622 g/mol. The fourth-order valence-electron chi connectivity index (χ4n) is 4.07. The summed E-state index contributed by atoms with van der Waals surface area (Å²) in [4.78, 5) is 14.0. The van der Waals surface area contributed by atoms with Crippen LogP contribution >= 0.6 is 16.1 Å². The Bertz CT molecular complexity index is 1110. The molecule has 11 heteroatoms. The molecule has 10 nitrogen and oxygen atoms in total. The first-order chi connectivity index (χ1) is 19.5. The van der Waals surface area contributed by atoms with E-state index in [4.69, 9.17) is 15.6 Å². The lowest BCUT2D eigenvalue weighted by Gasteiger charge is -2.09. The first-order valence-corrected chi connectivity index (χ1v) is 14.6. The Balaban J connectivity index is 0.000000302. The minimum atomic E-state index is -0.873. The van der Waals surface area contributed by atoms with E-state index in [-0.39, 0.29) is 5.75 Å². The van der Waals surface area contributed by atoms with Crippen molar-refractivity contribution >= 4 is 33.0 Å². The normalized spacial score (nSPS) is 11.7. The molecule has 222 valence electrons. The van der Waals surface area contributed by atoms with Crippen LogP contribution in [-0.4, -0.2) is 73.6 Å². The molecule has 3 aromatic rings. The summed E-state index contributed by atoms with van der Waals surface area (Å²) in [6.07, 6.45) is 6.86. The summed E-state index contributed by atoms with van der Waals surface area (Å²) in [7, 11) is 1.56. The lowest BCUT2D eigenvalue weighted by atomic mass is 10.1. The number of carbonyl (C=O) groups is 1. The van der Waals surface area contributed by atoms with Crippen LogP contribution in [0.4, 0.5) is 0 Å². The summed E-state index contributed by atoms with van der Waals surface area (Å²) >= 11 is 2.99. The number of carboxylic acid groups (broad SMARTS) is 1. The third kappa shape index (κ3) is 12.7. The van der Waals surface area contributed by atoms with Gasteiger partial charge in [0, 0.05) is 46.2 Å². The Hall–Kier alpha value is -2.67. The number of aromatic amines is 1. The lowest BCUT2D eigenvalue weighted by Crippen LogP contribution is -2.32. The van der Waals surface area contributed by atoms with Gasteiger partial charge in [-0.05, 0) is 94.3 Å². The monoisotopic (exact) mass is 620 g/mol. The molecule has 1 heterocycles. The van der Waals surface area contributed by atoms with Gasteiger partial charge in [-0.3, -0.25) is 4.79 Å². The summed E-state index contributed by atoms with van der Waals surface area (Å²) < 4.78 is 7.71. The number of fused-ring (bicyclic) bond motifs is 1. The Morgan fingerprint density at radius 3 is 2.35 bits per heavy atom. The van der Waals surface area contributed by atoms with E-state index in [0.717, 1.165) is 80.7 Å². The number of hydrogen-bond donors (Lipinski definition) is 8. The molecule has 0 unspecified atom stereocenters. The maximum absolute atomic E-state index is 10.9. The molecule has 0 spiro atoms. The predicted molar refractivity (Wildman–Crippen MR) is 165 cm³/mol. The van der Waals surface area contributed by atoms with Crippen molar-refractivity contribution in [1.82, 2.24) is 25.3 Å². The van der Waals surface area contributed by atoms with Crippen molar-refractivity contribution in [3.8, 4) is 11.5 Å². The molecule has 0 aliphatic heterocycles. The van der Waals surface area contributed by atoms with Crippen LogP contribution in [0.3, 0.4) is 0 Å². The number of rotatable bonds is 19. The zero-order valence-electron chi connectivity index (χ0n) is 23.3. The van der Waals surface area contributed by atoms with Crippen LogP contribution < -0.4 is 30.8 Å². The van der Waals surface area contributed by atoms with Crippen LogP contribution in [-0.2, 0) is 17.8 Å². The highest BCUT2D eigenvalue weighted by molar-refractivity contribution is 9.08. The number of carboxylic acids is 1. The maximum atomic E-state index is 10.9. The third-order valence-electron chi connectivity index (χ3n) is 6.32. The van der Waals surface area contributed by atoms with Gasteiger partial charge in [0.2, 0.25) is 0 Å². The fraction of sp³-hybridized carbons (Fsp3) is 0.483. The summed E-state index contributed by atoms with van der Waals surface area (Å²) in [5.41, 5.74) is 8.57. The zero-order chi connectivity index (χ0) is 29.0. The second kappa shape index (κ2) is 20.2. The molecule has 0 bridgehead atoms. The van der Waals surface area contributed by atoms with Crippen LogP contribution in [0.25, 0.3) is 10.9 Å². The smallest absolute Gasteiger partial charge is 0.321 e. The first kappa shape index (κ1) is 33.5. The molecule has 0 radical (unpaired) electrons. The van der Waals surface area contributed by atoms with Crippen molar-refractivity contribution in [2.75, 3.05) is 46.4 Å². The molecule has 0 amide bonds. The number of halogens is 1. The number of phenolic OH excluding ortho intramolecular Hbond substituents is 1.